The van der Waals surface area contributed by atoms with Crippen LogP contribution in [-0.2, 0) is 54.4 Å². The Balaban J connectivity index is -0.000000179. The summed E-state index contributed by atoms with van der Waals surface area (Å²) in [5.74, 6) is -9.14. The zero-order valence-corrected chi connectivity index (χ0v) is 42.4. The van der Waals surface area contributed by atoms with E-state index in [9.17, 15) is 47.9 Å². The van der Waals surface area contributed by atoms with Crippen LogP contribution in [0.15, 0.2) is 12.5 Å². The van der Waals surface area contributed by atoms with Crippen LogP contribution in [-0.4, -0.2) is 188 Å². The van der Waals surface area contributed by atoms with E-state index in [1.807, 2.05) is 13.8 Å². The summed E-state index contributed by atoms with van der Waals surface area (Å²) in [6, 6.07) is -6.45. The second-order valence-electron chi connectivity index (χ2n) is 16.5. The number of hydrogen-bond donors (Lipinski definition) is 21. The average Bonchev–Trinajstić information content (AvgIpc) is 4.04. The number of amides is 1. The van der Waals surface area contributed by atoms with Crippen LogP contribution in [0.3, 0.4) is 0 Å². The molecule has 1 aromatic heterocycles. The summed E-state index contributed by atoms with van der Waals surface area (Å²) in [7, 11) is 0. The number of carboxylic acids is 9. The van der Waals surface area contributed by atoms with Crippen molar-refractivity contribution in [2.75, 3.05) is 13.1 Å². The molecule has 1 aliphatic heterocycles. The highest BCUT2D eigenvalue weighted by molar-refractivity contribution is 5.77. The second-order valence-corrected chi connectivity index (χ2v) is 16.5. The number of aliphatic hydroxyl groups is 1. The summed E-state index contributed by atoms with van der Waals surface area (Å²) in [6.07, 6.45) is 6.80. The van der Waals surface area contributed by atoms with Crippen LogP contribution in [0, 0.1) is 11.8 Å². The van der Waals surface area contributed by atoms with E-state index in [0.29, 0.717) is 31.0 Å². The fourth-order valence-corrected chi connectivity index (χ4v) is 4.17. The van der Waals surface area contributed by atoms with E-state index in [0.717, 1.165) is 32.2 Å². The molecular formula is C42H84N12O20. The molecule has 2 heterocycles. The van der Waals surface area contributed by atoms with E-state index in [1.165, 1.54) is 13.3 Å². The highest BCUT2D eigenvalue weighted by Crippen LogP contribution is 2.04. The summed E-state index contributed by atoms with van der Waals surface area (Å²) < 4.78 is 0. The fourth-order valence-electron chi connectivity index (χ4n) is 4.17. The predicted molar refractivity (Wildman–Crippen MR) is 264 cm³/mol. The minimum atomic E-state index is -1.18. The monoisotopic (exact) mass is 1080 g/mol. The van der Waals surface area contributed by atoms with Gasteiger partial charge in [-0.25, -0.2) is 4.98 Å². The Morgan fingerprint density at radius 2 is 1.04 bits per heavy atom. The number of hydrogen-bond acceptors (Lipinski definition) is 21. The molecule has 2 rings (SSSR count). The number of primary amides is 1. The van der Waals surface area contributed by atoms with Crippen LogP contribution in [0.5, 0.6) is 0 Å². The lowest BCUT2D eigenvalue weighted by molar-refractivity contribution is -0.141. The van der Waals surface area contributed by atoms with Gasteiger partial charge in [-0.05, 0) is 76.8 Å². The van der Waals surface area contributed by atoms with Crippen LogP contribution in [0.25, 0.3) is 0 Å². The zero-order chi connectivity index (χ0) is 59.4. The minimum absolute atomic E-state index is 0.0208. The summed E-state index contributed by atoms with van der Waals surface area (Å²) >= 11 is 0. The van der Waals surface area contributed by atoms with Crippen LogP contribution in [0.2, 0.25) is 0 Å². The summed E-state index contributed by atoms with van der Waals surface area (Å²) in [4.78, 5) is 107. The molecular weight excluding hydrogens is 993 g/mol. The van der Waals surface area contributed by atoms with Crippen molar-refractivity contribution in [3.05, 3.63) is 18.2 Å². The molecule has 1 saturated heterocycles. The van der Waals surface area contributed by atoms with Crippen molar-refractivity contribution in [3.63, 3.8) is 0 Å². The van der Waals surface area contributed by atoms with Crippen LogP contribution in [0.4, 0.5) is 0 Å². The first kappa shape index (κ1) is 78.9. The fraction of sp³-hybridized carbons (Fsp3) is 0.690. The number of H-pyrrole nitrogens is 1. The Kier molecular flexibility index (Phi) is 50.7. The van der Waals surface area contributed by atoms with E-state index in [1.54, 1.807) is 20.0 Å². The van der Waals surface area contributed by atoms with Crippen LogP contribution in [0.1, 0.15) is 105 Å². The highest BCUT2D eigenvalue weighted by atomic mass is 16.4. The van der Waals surface area contributed by atoms with Gasteiger partial charge >= 0.3 is 53.7 Å². The first-order valence-electron chi connectivity index (χ1n) is 22.6. The molecule has 32 heteroatoms. The van der Waals surface area contributed by atoms with Gasteiger partial charge in [-0.15, -0.1) is 0 Å². The van der Waals surface area contributed by atoms with Crippen molar-refractivity contribution in [1.29, 1.82) is 0 Å². The number of imidazole rings is 1. The lowest BCUT2D eigenvalue weighted by atomic mass is 10.1. The summed E-state index contributed by atoms with van der Waals surface area (Å²) in [6.45, 7) is 10.2. The van der Waals surface area contributed by atoms with Gasteiger partial charge in [0.25, 0.3) is 0 Å². The van der Waals surface area contributed by atoms with Crippen molar-refractivity contribution in [3.8, 4) is 0 Å². The first-order valence-corrected chi connectivity index (χ1v) is 22.6. The third-order valence-electron chi connectivity index (χ3n) is 8.80. The number of aliphatic carboxylic acids is 9. The van der Waals surface area contributed by atoms with Crippen molar-refractivity contribution < 1.29 is 99.0 Å². The van der Waals surface area contributed by atoms with Crippen molar-refractivity contribution in [2.24, 2.45) is 63.4 Å². The SMILES string of the molecule is CC(C)C[C@H](N)C(=O)O.CC(C)[C@H](N)C(=O)O.C[C@@H](O)[C@H](N)C(=O)O.NC(=O)CC[C@H](N)C(=O)O.NCCCC[C@H](N)C(=O)O.N[C@@H](CCC(=O)O)C(=O)O.N[C@@H](Cc1c[nH]cn1)C(=O)O.O=C(O)[C@@H]1CCCN1. The third kappa shape index (κ3) is 54.8. The number of aromatic nitrogens is 2. The topological polar surface area (TPSA) is 648 Å². The molecule has 9 atom stereocenters. The minimum Gasteiger partial charge on any atom is -0.481 e. The Bertz CT molecular complexity index is 1660. The van der Waals surface area contributed by atoms with Crippen LogP contribution < -0.4 is 56.9 Å². The number of carboxylic acid groups (broad SMARTS) is 9. The van der Waals surface area contributed by atoms with E-state index >= 15 is 0 Å². The Hall–Kier alpha value is -6.49. The molecule has 432 valence electrons. The summed E-state index contributed by atoms with van der Waals surface area (Å²) in [5.41, 5.74) is 46.4. The van der Waals surface area contributed by atoms with Crippen molar-refractivity contribution in [2.45, 2.75) is 160 Å². The largest absolute Gasteiger partial charge is 0.481 e. The average molecular weight is 1080 g/mol. The quantitative estimate of drug-likeness (QED) is 0.0438. The molecule has 0 bridgehead atoms. The smallest absolute Gasteiger partial charge is 0.323 e. The molecule has 74 heavy (non-hydrogen) atoms. The number of nitrogens with zero attached hydrogens (tertiary/aromatic N) is 1. The van der Waals surface area contributed by atoms with Gasteiger partial charge in [0.05, 0.1) is 18.1 Å². The number of rotatable bonds is 24. The molecule has 1 amide bonds. The molecule has 1 fully saturated rings. The maximum Gasteiger partial charge on any atom is 0.323 e. The van der Waals surface area contributed by atoms with Gasteiger partial charge in [0.15, 0.2) is 0 Å². The Labute approximate surface area is 427 Å². The normalized spacial score (nSPS) is 15.2. The van der Waals surface area contributed by atoms with Gasteiger partial charge in [-0.3, -0.25) is 47.9 Å². The molecule has 0 aliphatic carbocycles. The van der Waals surface area contributed by atoms with E-state index in [4.69, 9.17) is 103 Å². The number of unbranched alkanes of at least 4 members (excludes halogenated alkanes) is 1. The van der Waals surface area contributed by atoms with Gasteiger partial charge in [0.2, 0.25) is 5.91 Å². The van der Waals surface area contributed by atoms with Crippen LogP contribution >= 0.6 is 0 Å². The molecule has 32 nitrogen and oxygen atoms in total. The zero-order valence-electron chi connectivity index (χ0n) is 42.4. The lowest BCUT2D eigenvalue weighted by Gasteiger charge is -2.07. The number of carbonyl (C=O) groups is 10. The van der Waals surface area contributed by atoms with Crippen molar-refractivity contribution in [1.82, 2.24) is 15.3 Å². The summed E-state index contributed by atoms with van der Waals surface area (Å²) in [5, 5.41) is 85.5. The van der Waals surface area contributed by atoms with Gasteiger partial charge in [0, 0.05) is 25.5 Å². The van der Waals surface area contributed by atoms with Gasteiger partial charge in [-0.1, -0.05) is 34.1 Å². The van der Waals surface area contributed by atoms with Crippen molar-refractivity contribution >= 4 is 59.6 Å². The molecule has 0 aromatic carbocycles. The second kappa shape index (κ2) is 47.5. The Morgan fingerprint density at radius 3 is 1.27 bits per heavy atom. The molecule has 1 aromatic rings. The standard InChI is InChI=1S/C6H9N3O2.C6H14N2O2.C6H13NO2.C5H10N2O3.C5H9NO4.C5H9NO2.C5H11NO2.C4H9NO3/c7-5(6(10)11)1-4-2-8-3-9-4;7-4-2-1-3-5(8)6(9)10;1-4(2)3-5(7)6(8)9;2*6-3(5(9)10)1-2-4(7)8;7-5(8)4-2-1-3-6-4;1-3(2)4(6)5(7)8;1-2(6)3(5)4(7)8/h2-3,5H,1,7H2,(H,8,9)(H,10,11);5H,1-4,7-8H2,(H,9,10);4-5H,3,7H2,1-2H3,(H,8,9);3H,1-2,6H2,(H2,7,8)(H,9,10);3H,1-2,6H2,(H,7,8)(H,9,10);4,6H,1-3H2,(H,7,8);3-4H,6H2,1-2H3,(H,7,8);2-3,6H,5H2,1H3,(H,7,8)/t3*5-;2*3-;2*4-;2-,3+/m00000001/s1. The van der Waals surface area contributed by atoms with Gasteiger partial charge in [0.1, 0.15) is 48.3 Å². The third-order valence-corrected chi connectivity index (χ3v) is 8.80. The maximum atomic E-state index is 10.3. The highest BCUT2D eigenvalue weighted by Gasteiger charge is 2.21. The number of carbonyl (C=O) groups excluding carboxylic acids is 1. The van der Waals surface area contributed by atoms with E-state index < -0.39 is 108 Å². The maximum absolute atomic E-state index is 10.3. The van der Waals surface area contributed by atoms with Gasteiger partial charge < -0.3 is 113 Å². The first-order chi connectivity index (χ1) is 33.9. The molecule has 1 aliphatic rings. The molecule has 30 N–H and O–H groups in total. The molecule has 0 radical (unpaired) electrons. The van der Waals surface area contributed by atoms with E-state index in [-0.39, 0.29) is 44.1 Å². The number of aromatic amines is 1. The number of aliphatic hydroxyl groups excluding tert-OH is 1. The molecule has 0 spiro atoms. The van der Waals surface area contributed by atoms with Gasteiger partial charge in [-0.2, -0.15) is 0 Å². The number of nitrogens with one attached hydrogen (secondary N) is 2. The lowest BCUT2D eigenvalue weighted by Crippen LogP contribution is -2.39. The molecule has 0 saturated carbocycles. The Morgan fingerprint density at radius 1 is 0.608 bits per heavy atom. The molecule has 0 unspecified atom stereocenters. The predicted octanol–water partition coefficient (Wildman–Crippen LogP) is -4.08. The van der Waals surface area contributed by atoms with E-state index in [2.05, 4.69) is 15.3 Å². The number of nitrogens with two attached hydrogens (primary N) is 9.